The largest absolute Gasteiger partial charge is 0.243 e. The van der Waals surface area contributed by atoms with Crippen LogP contribution in [0.15, 0.2) is 33.6 Å². The average Bonchev–Trinajstić information content (AvgIpc) is 3.23. The van der Waals surface area contributed by atoms with Crippen molar-refractivity contribution in [2.24, 2.45) is 5.92 Å². The van der Waals surface area contributed by atoms with Gasteiger partial charge in [0, 0.05) is 16.6 Å². The normalized spacial score (nSPS) is 21.6. The molecule has 0 radical (unpaired) electrons. The molecule has 1 aromatic carbocycles. The Hall–Kier alpha value is -0.390. The van der Waals surface area contributed by atoms with E-state index in [4.69, 9.17) is 0 Å². The van der Waals surface area contributed by atoms with Crippen molar-refractivity contribution in [3.63, 3.8) is 0 Å². The second-order valence-corrected chi connectivity index (χ2v) is 8.36. The smallest absolute Gasteiger partial charge is 0.207 e. The summed E-state index contributed by atoms with van der Waals surface area (Å²) in [5, 5.41) is 0. The molecule has 5 heteroatoms. The van der Waals surface area contributed by atoms with Gasteiger partial charge in [-0.25, -0.2) is 8.42 Å². The first-order valence-electron chi connectivity index (χ1n) is 6.79. The molecule has 3 rings (SSSR count). The van der Waals surface area contributed by atoms with E-state index in [1.54, 1.807) is 28.6 Å². The Balaban J connectivity index is 1.93. The molecule has 19 heavy (non-hydrogen) atoms. The van der Waals surface area contributed by atoms with E-state index in [1.807, 2.05) is 0 Å². The summed E-state index contributed by atoms with van der Waals surface area (Å²) in [4.78, 5) is 0.412. The maximum atomic E-state index is 12.8. The number of hydrogen-bond donors (Lipinski definition) is 0. The van der Waals surface area contributed by atoms with Crippen LogP contribution < -0.4 is 0 Å². The first kappa shape index (κ1) is 13.6. The summed E-state index contributed by atoms with van der Waals surface area (Å²) in [6.45, 7) is 2.06. The van der Waals surface area contributed by atoms with Crippen LogP contribution in [0.3, 0.4) is 0 Å². The summed E-state index contributed by atoms with van der Waals surface area (Å²) in [6.07, 6.45) is 4.35. The third-order valence-corrected chi connectivity index (χ3v) is 6.58. The van der Waals surface area contributed by atoms with Crippen LogP contribution in [0.1, 0.15) is 32.6 Å². The fraction of sp³-hybridized carbons (Fsp3) is 0.571. The van der Waals surface area contributed by atoms with Gasteiger partial charge in [0.2, 0.25) is 10.0 Å². The quantitative estimate of drug-likeness (QED) is 0.821. The van der Waals surface area contributed by atoms with E-state index in [1.165, 1.54) is 12.8 Å². The van der Waals surface area contributed by atoms with Gasteiger partial charge in [-0.1, -0.05) is 15.9 Å². The number of nitrogens with zero attached hydrogens (tertiary/aromatic N) is 1. The van der Waals surface area contributed by atoms with Crippen LogP contribution in [0.5, 0.6) is 0 Å². The predicted molar refractivity (Wildman–Crippen MR) is 78.4 cm³/mol. The Kier molecular flexibility index (Phi) is 3.48. The minimum Gasteiger partial charge on any atom is -0.207 e. The fourth-order valence-electron chi connectivity index (χ4n) is 2.59. The molecule has 2 aliphatic rings. The lowest BCUT2D eigenvalue weighted by Gasteiger charge is -2.28. The number of rotatable bonds is 5. The lowest BCUT2D eigenvalue weighted by molar-refractivity contribution is 0.301. The third-order valence-electron chi connectivity index (χ3n) is 4.00. The minimum absolute atomic E-state index is 0.140. The highest BCUT2D eigenvalue weighted by Crippen LogP contribution is 2.42. The van der Waals surface area contributed by atoms with Crippen LogP contribution in [-0.2, 0) is 10.0 Å². The third kappa shape index (κ3) is 2.73. The summed E-state index contributed by atoms with van der Waals surface area (Å²) in [5.74, 6) is 0.561. The molecule has 104 valence electrons. The summed E-state index contributed by atoms with van der Waals surface area (Å²) in [5.41, 5.74) is 0. The Morgan fingerprint density at radius 3 is 2.21 bits per heavy atom. The van der Waals surface area contributed by atoms with Gasteiger partial charge in [-0.05, 0) is 62.8 Å². The molecule has 0 spiro atoms. The zero-order chi connectivity index (χ0) is 13.6. The maximum absolute atomic E-state index is 12.8. The molecule has 0 amide bonds. The molecule has 0 saturated heterocycles. The van der Waals surface area contributed by atoms with Crippen molar-refractivity contribution in [1.29, 1.82) is 0 Å². The summed E-state index contributed by atoms with van der Waals surface area (Å²) < 4.78 is 28.3. The van der Waals surface area contributed by atoms with Crippen molar-refractivity contribution >= 4 is 26.0 Å². The van der Waals surface area contributed by atoms with Gasteiger partial charge in [-0.2, -0.15) is 4.31 Å². The van der Waals surface area contributed by atoms with Gasteiger partial charge in [-0.3, -0.25) is 0 Å². The van der Waals surface area contributed by atoms with E-state index in [0.29, 0.717) is 10.8 Å². The van der Waals surface area contributed by atoms with Crippen LogP contribution in [0, 0.1) is 5.92 Å². The van der Waals surface area contributed by atoms with Crippen LogP contribution in [0.4, 0.5) is 0 Å². The first-order valence-corrected chi connectivity index (χ1v) is 9.02. The molecular weight excluding hydrogens is 326 g/mol. The van der Waals surface area contributed by atoms with Crippen LogP contribution >= 0.6 is 15.9 Å². The second-order valence-electron chi connectivity index (χ2n) is 5.60. The van der Waals surface area contributed by atoms with Crippen LogP contribution in [0.25, 0.3) is 0 Å². The SMILES string of the molecule is CC(C1CC1)N(C1CC1)S(=O)(=O)c1ccc(Br)cc1. The highest BCUT2D eigenvalue weighted by Gasteiger charge is 2.45. The maximum Gasteiger partial charge on any atom is 0.243 e. The second kappa shape index (κ2) is 4.86. The molecule has 1 aromatic rings. The van der Waals surface area contributed by atoms with Crippen molar-refractivity contribution in [1.82, 2.24) is 4.31 Å². The Morgan fingerprint density at radius 2 is 1.74 bits per heavy atom. The molecule has 2 fully saturated rings. The number of hydrogen-bond acceptors (Lipinski definition) is 2. The van der Waals surface area contributed by atoms with Gasteiger partial charge in [0.15, 0.2) is 0 Å². The molecule has 2 saturated carbocycles. The van der Waals surface area contributed by atoms with Gasteiger partial charge in [0.05, 0.1) is 4.90 Å². The molecule has 0 aromatic heterocycles. The molecule has 0 aliphatic heterocycles. The molecule has 1 unspecified atom stereocenters. The molecule has 1 atom stereocenters. The van der Waals surface area contributed by atoms with Crippen molar-refractivity contribution in [3.05, 3.63) is 28.7 Å². The van der Waals surface area contributed by atoms with E-state index < -0.39 is 10.0 Å². The lowest BCUT2D eigenvalue weighted by atomic mass is 10.2. The Labute approximate surface area is 123 Å². The van der Waals surface area contributed by atoms with Gasteiger partial charge in [-0.15, -0.1) is 0 Å². The van der Waals surface area contributed by atoms with E-state index in [9.17, 15) is 8.42 Å². The lowest BCUT2D eigenvalue weighted by Crippen LogP contribution is -2.41. The number of sulfonamides is 1. The predicted octanol–water partition coefficient (Wildman–Crippen LogP) is 3.40. The van der Waals surface area contributed by atoms with Gasteiger partial charge in [0.25, 0.3) is 0 Å². The zero-order valence-electron chi connectivity index (χ0n) is 10.9. The molecule has 0 heterocycles. The molecule has 3 nitrogen and oxygen atoms in total. The topological polar surface area (TPSA) is 37.4 Å². The van der Waals surface area contributed by atoms with Gasteiger partial charge < -0.3 is 0 Å². The standard InChI is InChI=1S/C14H18BrNO2S/c1-10(11-2-3-11)16(13-6-7-13)19(17,18)14-8-4-12(15)5-9-14/h4-5,8-11,13H,2-3,6-7H2,1H3. The molecule has 0 N–H and O–H groups in total. The van der Waals surface area contributed by atoms with Crippen LogP contribution in [0.2, 0.25) is 0 Å². The van der Waals surface area contributed by atoms with Crippen molar-refractivity contribution in [3.8, 4) is 0 Å². The highest BCUT2D eigenvalue weighted by molar-refractivity contribution is 9.10. The van der Waals surface area contributed by atoms with E-state index in [-0.39, 0.29) is 12.1 Å². The highest BCUT2D eigenvalue weighted by atomic mass is 79.9. The van der Waals surface area contributed by atoms with E-state index in [2.05, 4.69) is 22.9 Å². The van der Waals surface area contributed by atoms with Crippen molar-refractivity contribution in [2.75, 3.05) is 0 Å². The summed E-state index contributed by atoms with van der Waals surface area (Å²) >= 11 is 3.34. The van der Waals surface area contributed by atoms with Crippen LogP contribution in [-0.4, -0.2) is 24.8 Å². The molecule has 0 bridgehead atoms. The fourth-order valence-corrected chi connectivity index (χ4v) is 4.79. The van der Waals surface area contributed by atoms with Gasteiger partial charge in [0.1, 0.15) is 0 Å². The van der Waals surface area contributed by atoms with Crippen molar-refractivity contribution in [2.45, 2.75) is 49.6 Å². The van der Waals surface area contributed by atoms with Crippen molar-refractivity contribution < 1.29 is 8.42 Å². The van der Waals surface area contributed by atoms with E-state index in [0.717, 1.165) is 17.3 Å². The molecular formula is C14H18BrNO2S. The minimum atomic E-state index is -3.35. The van der Waals surface area contributed by atoms with E-state index >= 15 is 0 Å². The average molecular weight is 344 g/mol. The Bertz CT molecular complexity index is 562. The first-order chi connectivity index (χ1) is 9.00. The Morgan fingerprint density at radius 1 is 1.16 bits per heavy atom. The molecule has 2 aliphatic carbocycles. The zero-order valence-corrected chi connectivity index (χ0v) is 13.3. The summed E-state index contributed by atoms with van der Waals surface area (Å²) in [7, 11) is -3.35. The number of benzene rings is 1. The number of halogens is 1. The van der Waals surface area contributed by atoms with Gasteiger partial charge >= 0.3 is 0 Å². The summed E-state index contributed by atoms with van der Waals surface area (Å²) in [6, 6.07) is 7.33. The monoisotopic (exact) mass is 343 g/mol.